The quantitative estimate of drug-likeness (QED) is 0.879. The van der Waals surface area contributed by atoms with Crippen molar-refractivity contribution in [2.45, 2.75) is 13.0 Å². The van der Waals surface area contributed by atoms with Crippen LogP contribution in [0, 0.1) is 11.8 Å². The molecule has 2 heterocycles. The molecule has 2 atom stereocenters. The second-order valence-corrected chi connectivity index (χ2v) is 5.55. The molecule has 0 aliphatic carbocycles. The molecule has 1 aromatic carbocycles. The van der Waals surface area contributed by atoms with Crippen molar-refractivity contribution in [3.05, 3.63) is 29.8 Å². The zero-order valence-electron chi connectivity index (χ0n) is 11.1. The standard InChI is InChI=1S/C15H22N2O/c1-18-15-4-2-3-12(7-15)10-17-6-5-13-8-16-9-14(13)11-17/h2-4,7,13-14,16H,5-6,8-11H2,1H3. The number of piperidine rings is 1. The fourth-order valence-corrected chi connectivity index (χ4v) is 3.28. The van der Waals surface area contributed by atoms with Crippen LogP contribution >= 0.6 is 0 Å². The van der Waals surface area contributed by atoms with Gasteiger partial charge in [0, 0.05) is 13.1 Å². The summed E-state index contributed by atoms with van der Waals surface area (Å²) in [4.78, 5) is 2.59. The summed E-state index contributed by atoms with van der Waals surface area (Å²) in [5.41, 5.74) is 1.36. The number of hydrogen-bond acceptors (Lipinski definition) is 3. The molecule has 98 valence electrons. The van der Waals surface area contributed by atoms with Gasteiger partial charge in [-0.05, 0) is 55.6 Å². The lowest BCUT2D eigenvalue weighted by Gasteiger charge is -2.34. The topological polar surface area (TPSA) is 24.5 Å². The van der Waals surface area contributed by atoms with Crippen molar-refractivity contribution in [3.63, 3.8) is 0 Å². The molecule has 3 rings (SSSR count). The van der Waals surface area contributed by atoms with Crippen LogP contribution in [0.1, 0.15) is 12.0 Å². The van der Waals surface area contributed by atoms with Crippen molar-refractivity contribution < 1.29 is 4.74 Å². The van der Waals surface area contributed by atoms with Crippen LogP contribution < -0.4 is 10.1 Å². The Kier molecular flexibility index (Phi) is 3.52. The molecular weight excluding hydrogens is 224 g/mol. The van der Waals surface area contributed by atoms with Gasteiger partial charge in [-0.25, -0.2) is 0 Å². The monoisotopic (exact) mass is 246 g/mol. The molecule has 2 aliphatic rings. The van der Waals surface area contributed by atoms with E-state index in [1.807, 2.05) is 6.07 Å². The highest BCUT2D eigenvalue weighted by Gasteiger charge is 2.32. The van der Waals surface area contributed by atoms with Crippen molar-refractivity contribution in [2.24, 2.45) is 11.8 Å². The van der Waals surface area contributed by atoms with E-state index >= 15 is 0 Å². The van der Waals surface area contributed by atoms with Crippen LogP contribution in [0.5, 0.6) is 5.75 Å². The maximum absolute atomic E-state index is 5.28. The van der Waals surface area contributed by atoms with Crippen molar-refractivity contribution in [1.29, 1.82) is 0 Å². The van der Waals surface area contributed by atoms with E-state index in [9.17, 15) is 0 Å². The maximum Gasteiger partial charge on any atom is 0.119 e. The lowest BCUT2D eigenvalue weighted by molar-refractivity contribution is 0.142. The van der Waals surface area contributed by atoms with Crippen LogP contribution in [-0.2, 0) is 6.54 Å². The van der Waals surface area contributed by atoms with Crippen molar-refractivity contribution >= 4 is 0 Å². The van der Waals surface area contributed by atoms with Crippen LogP contribution in [-0.4, -0.2) is 38.2 Å². The van der Waals surface area contributed by atoms with Gasteiger partial charge in [0.2, 0.25) is 0 Å². The number of nitrogens with one attached hydrogen (secondary N) is 1. The van der Waals surface area contributed by atoms with Gasteiger partial charge in [0.25, 0.3) is 0 Å². The van der Waals surface area contributed by atoms with Gasteiger partial charge in [0.05, 0.1) is 7.11 Å². The molecule has 1 N–H and O–H groups in total. The van der Waals surface area contributed by atoms with Gasteiger partial charge in [0.15, 0.2) is 0 Å². The first-order valence-corrected chi connectivity index (χ1v) is 6.91. The van der Waals surface area contributed by atoms with Gasteiger partial charge in [-0.2, -0.15) is 0 Å². The fraction of sp³-hybridized carbons (Fsp3) is 0.600. The molecule has 2 aliphatic heterocycles. The number of rotatable bonds is 3. The molecule has 2 fully saturated rings. The summed E-state index contributed by atoms with van der Waals surface area (Å²) in [6, 6.07) is 8.44. The predicted octanol–water partition coefficient (Wildman–Crippen LogP) is 1.74. The van der Waals surface area contributed by atoms with E-state index in [-0.39, 0.29) is 0 Å². The van der Waals surface area contributed by atoms with Crippen LogP contribution in [0.4, 0.5) is 0 Å². The number of ether oxygens (including phenoxy) is 1. The van der Waals surface area contributed by atoms with Crippen molar-refractivity contribution in [3.8, 4) is 5.75 Å². The highest BCUT2D eigenvalue weighted by Crippen LogP contribution is 2.27. The normalized spacial score (nSPS) is 28.1. The average Bonchev–Trinajstić information content (AvgIpc) is 2.86. The van der Waals surface area contributed by atoms with Crippen LogP contribution in [0.3, 0.4) is 0 Å². The summed E-state index contributed by atoms with van der Waals surface area (Å²) in [5.74, 6) is 2.75. The maximum atomic E-state index is 5.28. The van der Waals surface area contributed by atoms with E-state index in [2.05, 4.69) is 28.4 Å². The third kappa shape index (κ3) is 2.52. The zero-order valence-corrected chi connectivity index (χ0v) is 11.1. The summed E-state index contributed by atoms with van der Waals surface area (Å²) in [5, 5.41) is 3.52. The molecule has 2 saturated heterocycles. The predicted molar refractivity (Wildman–Crippen MR) is 72.7 cm³/mol. The number of likely N-dealkylation sites (tertiary alicyclic amines) is 1. The highest BCUT2D eigenvalue weighted by atomic mass is 16.5. The van der Waals surface area contributed by atoms with Crippen LogP contribution in [0.25, 0.3) is 0 Å². The Morgan fingerprint density at radius 1 is 1.33 bits per heavy atom. The second kappa shape index (κ2) is 5.29. The Morgan fingerprint density at radius 3 is 3.11 bits per heavy atom. The molecule has 0 saturated carbocycles. The van der Waals surface area contributed by atoms with E-state index in [1.165, 1.54) is 38.2 Å². The third-order valence-electron chi connectivity index (χ3n) is 4.33. The highest BCUT2D eigenvalue weighted by molar-refractivity contribution is 5.28. The lowest BCUT2D eigenvalue weighted by Crippen LogP contribution is -2.39. The molecule has 2 unspecified atom stereocenters. The zero-order chi connectivity index (χ0) is 12.4. The molecule has 3 heteroatoms. The SMILES string of the molecule is COc1cccc(CN2CCC3CNCC3C2)c1. The van der Waals surface area contributed by atoms with Gasteiger partial charge in [-0.3, -0.25) is 4.90 Å². The number of benzene rings is 1. The van der Waals surface area contributed by atoms with Gasteiger partial charge in [-0.1, -0.05) is 12.1 Å². The summed E-state index contributed by atoms with van der Waals surface area (Å²) in [7, 11) is 1.73. The number of nitrogens with zero attached hydrogens (tertiary/aromatic N) is 1. The van der Waals surface area contributed by atoms with E-state index < -0.39 is 0 Å². The second-order valence-electron chi connectivity index (χ2n) is 5.55. The van der Waals surface area contributed by atoms with Gasteiger partial charge in [0.1, 0.15) is 5.75 Å². The summed E-state index contributed by atoms with van der Waals surface area (Å²) >= 11 is 0. The van der Waals surface area contributed by atoms with Gasteiger partial charge >= 0.3 is 0 Å². The Bertz CT molecular complexity index is 407. The van der Waals surface area contributed by atoms with Crippen molar-refractivity contribution in [2.75, 3.05) is 33.3 Å². The molecule has 18 heavy (non-hydrogen) atoms. The Hall–Kier alpha value is -1.06. The van der Waals surface area contributed by atoms with E-state index in [4.69, 9.17) is 4.74 Å². The number of methoxy groups -OCH3 is 1. The minimum atomic E-state index is 0.865. The first-order valence-electron chi connectivity index (χ1n) is 6.91. The first kappa shape index (κ1) is 12.0. The van der Waals surface area contributed by atoms with Crippen LogP contribution in [0.2, 0.25) is 0 Å². The third-order valence-corrected chi connectivity index (χ3v) is 4.33. The molecule has 0 spiro atoms. The van der Waals surface area contributed by atoms with E-state index in [0.29, 0.717) is 0 Å². The minimum absolute atomic E-state index is 0.865. The number of hydrogen-bond donors (Lipinski definition) is 1. The van der Waals surface area contributed by atoms with E-state index in [1.54, 1.807) is 7.11 Å². The summed E-state index contributed by atoms with van der Waals surface area (Å²) in [6.45, 7) is 5.98. The summed E-state index contributed by atoms with van der Waals surface area (Å²) < 4.78 is 5.28. The van der Waals surface area contributed by atoms with Gasteiger partial charge < -0.3 is 10.1 Å². The molecule has 3 nitrogen and oxygen atoms in total. The Morgan fingerprint density at radius 2 is 2.22 bits per heavy atom. The van der Waals surface area contributed by atoms with Crippen molar-refractivity contribution in [1.82, 2.24) is 10.2 Å². The largest absolute Gasteiger partial charge is 0.497 e. The summed E-state index contributed by atoms with van der Waals surface area (Å²) in [6.07, 6.45) is 1.35. The van der Waals surface area contributed by atoms with Gasteiger partial charge in [-0.15, -0.1) is 0 Å². The Labute approximate surface area is 109 Å². The molecule has 1 aromatic rings. The molecule has 0 radical (unpaired) electrons. The Balaban J connectivity index is 1.62. The number of fused-ring (bicyclic) bond motifs is 1. The molecule has 0 aromatic heterocycles. The lowest BCUT2D eigenvalue weighted by atomic mass is 9.88. The smallest absolute Gasteiger partial charge is 0.119 e. The fourth-order valence-electron chi connectivity index (χ4n) is 3.28. The van der Waals surface area contributed by atoms with Crippen LogP contribution in [0.15, 0.2) is 24.3 Å². The molecular formula is C15H22N2O. The molecule has 0 bridgehead atoms. The minimum Gasteiger partial charge on any atom is -0.497 e. The first-order chi connectivity index (χ1) is 8.85. The average molecular weight is 246 g/mol. The molecule has 0 amide bonds. The van der Waals surface area contributed by atoms with E-state index in [0.717, 1.165) is 24.1 Å².